The van der Waals surface area contributed by atoms with E-state index in [0.717, 1.165) is 37.2 Å². The third-order valence-electron chi connectivity index (χ3n) is 3.82. The molecule has 0 saturated carbocycles. The molecule has 2 heterocycles. The van der Waals surface area contributed by atoms with E-state index in [1.54, 1.807) is 0 Å². The third-order valence-corrected chi connectivity index (χ3v) is 3.82. The molecule has 0 radical (unpaired) electrons. The monoisotopic (exact) mass is 275 g/mol. The lowest BCUT2D eigenvalue weighted by molar-refractivity contribution is 0.591. The number of hydrogen-bond acceptors (Lipinski definition) is 3. The number of nitrogens with two attached hydrogens (primary N) is 1. The minimum absolute atomic E-state index is 0.567. The molecule has 0 aliphatic carbocycles. The first-order valence-corrected chi connectivity index (χ1v) is 7.43. The summed E-state index contributed by atoms with van der Waals surface area (Å²) in [5.74, 6) is 0. The molecule has 110 valence electrons. The summed E-state index contributed by atoms with van der Waals surface area (Å²) in [7, 11) is 1.99. The van der Waals surface area contributed by atoms with Crippen molar-refractivity contribution in [1.82, 2.24) is 19.6 Å². The molecule has 0 fully saturated rings. The fraction of sp³-hybridized carbons (Fsp3) is 0.600. The molecule has 2 rings (SSSR count). The first-order chi connectivity index (χ1) is 9.64. The van der Waals surface area contributed by atoms with E-state index in [-0.39, 0.29) is 0 Å². The summed E-state index contributed by atoms with van der Waals surface area (Å²) in [6.07, 6.45) is 2.85. The highest BCUT2D eigenvalue weighted by atomic mass is 15.3. The predicted octanol–water partition coefficient (Wildman–Crippen LogP) is 1.81. The maximum atomic E-state index is 5.89. The van der Waals surface area contributed by atoms with Gasteiger partial charge in [0.1, 0.15) is 0 Å². The van der Waals surface area contributed by atoms with Crippen molar-refractivity contribution >= 4 is 0 Å². The Labute approximate surface area is 120 Å². The Morgan fingerprint density at radius 2 is 1.85 bits per heavy atom. The largest absolute Gasteiger partial charge is 0.326 e. The summed E-state index contributed by atoms with van der Waals surface area (Å²) < 4.78 is 4.05. The Hall–Kier alpha value is -1.62. The van der Waals surface area contributed by atoms with Crippen molar-refractivity contribution in [3.8, 4) is 0 Å². The molecule has 5 heteroatoms. The zero-order valence-corrected chi connectivity index (χ0v) is 13.0. The van der Waals surface area contributed by atoms with Gasteiger partial charge in [0.2, 0.25) is 0 Å². The smallest absolute Gasteiger partial charge is 0.0831 e. The second-order valence-electron chi connectivity index (χ2n) is 5.04. The molecule has 0 spiro atoms. The van der Waals surface area contributed by atoms with Gasteiger partial charge in [-0.25, -0.2) is 0 Å². The summed E-state index contributed by atoms with van der Waals surface area (Å²) >= 11 is 0. The Morgan fingerprint density at radius 1 is 1.10 bits per heavy atom. The van der Waals surface area contributed by atoms with E-state index in [0.29, 0.717) is 6.54 Å². The molecular formula is C15H25N5. The number of hydrogen-bond donors (Lipinski definition) is 1. The van der Waals surface area contributed by atoms with Gasteiger partial charge in [0.15, 0.2) is 0 Å². The van der Waals surface area contributed by atoms with Crippen LogP contribution in [-0.4, -0.2) is 19.6 Å². The van der Waals surface area contributed by atoms with E-state index in [1.165, 1.54) is 17.0 Å². The summed E-state index contributed by atoms with van der Waals surface area (Å²) in [5.41, 5.74) is 11.8. The van der Waals surface area contributed by atoms with Gasteiger partial charge >= 0.3 is 0 Å². The number of rotatable bonds is 6. The minimum Gasteiger partial charge on any atom is -0.326 e. The molecule has 20 heavy (non-hydrogen) atoms. The van der Waals surface area contributed by atoms with Crippen molar-refractivity contribution < 1.29 is 0 Å². The molecule has 2 aromatic rings. The van der Waals surface area contributed by atoms with Crippen molar-refractivity contribution in [1.29, 1.82) is 0 Å². The van der Waals surface area contributed by atoms with E-state index in [1.807, 2.05) is 11.7 Å². The molecule has 0 unspecified atom stereocenters. The first-order valence-electron chi connectivity index (χ1n) is 7.43. The molecule has 0 atom stereocenters. The normalized spacial score (nSPS) is 11.2. The van der Waals surface area contributed by atoms with Gasteiger partial charge in [0.25, 0.3) is 0 Å². The zero-order chi connectivity index (χ0) is 14.7. The lowest BCUT2D eigenvalue weighted by atomic mass is 10.1. The second-order valence-corrected chi connectivity index (χ2v) is 5.04. The molecule has 0 aromatic carbocycles. The Morgan fingerprint density at radius 3 is 2.35 bits per heavy atom. The average molecular weight is 275 g/mol. The maximum absolute atomic E-state index is 5.89. The molecule has 5 nitrogen and oxygen atoms in total. The number of aromatic nitrogens is 4. The van der Waals surface area contributed by atoms with E-state index in [2.05, 4.69) is 36.6 Å². The third kappa shape index (κ3) is 2.63. The molecule has 0 aliphatic rings. The van der Waals surface area contributed by atoms with Crippen LogP contribution < -0.4 is 5.73 Å². The molecule has 0 bridgehead atoms. The lowest BCUT2D eigenvalue weighted by Gasteiger charge is -2.07. The second kappa shape index (κ2) is 6.22. The van der Waals surface area contributed by atoms with Gasteiger partial charge < -0.3 is 5.73 Å². The minimum atomic E-state index is 0.567. The van der Waals surface area contributed by atoms with Crippen LogP contribution in [0.2, 0.25) is 0 Å². The summed E-state index contributed by atoms with van der Waals surface area (Å²) in [6, 6.07) is 2.16. The fourth-order valence-electron chi connectivity index (χ4n) is 2.68. The fourth-order valence-corrected chi connectivity index (χ4v) is 2.68. The highest BCUT2D eigenvalue weighted by Crippen LogP contribution is 2.17. The standard InChI is InChI=1S/C15H25N5/c1-5-11-8-12(19(4)17-11)10-20-15(7-3)13(9-16)14(6-2)18-20/h8H,5-7,9-10,16H2,1-4H3. The van der Waals surface area contributed by atoms with Gasteiger partial charge in [-0.2, -0.15) is 10.2 Å². The van der Waals surface area contributed by atoms with Crippen molar-refractivity contribution in [3.05, 3.63) is 34.4 Å². The van der Waals surface area contributed by atoms with E-state index >= 15 is 0 Å². The van der Waals surface area contributed by atoms with Gasteiger partial charge in [0.05, 0.1) is 23.6 Å². The average Bonchev–Trinajstić information content (AvgIpc) is 2.99. The quantitative estimate of drug-likeness (QED) is 0.874. The van der Waals surface area contributed by atoms with Crippen LogP contribution in [0.1, 0.15) is 49.1 Å². The summed E-state index contributed by atoms with van der Waals surface area (Å²) in [6.45, 7) is 7.74. The van der Waals surface area contributed by atoms with Crippen molar-refractivity contribution in [2.75, 3.05) is 0 Å². The van der Waals surface area contributed by atoms with Crippen LogP contribution in [0, 0.1) is 0 Å². The number of aryl methyl sites for hydroxylation is 3. The zero-order valence-electron chi connectivity index (χ0n) is 13.0. The molecule has 0 aliphatic heterocycles. The topological polar surface area (TPSA) is 61.7 Å². The van der Waals surface area contributed by atoms with Gasteiger partial charge in [-0.15, -0.1) is 0 Å². The van der Waals surface area contributed by atoms with E-state index < -0.39 is 0 Å². The Balaban J connectivity index is 2.37. The number of nitrogens with zero attached hydrogens (tertiary/aromatic N) is 4. The van der Waals surface area contributed by atoms with Gasteiger partial charge in [0, 0.05) is 24.8 Å². The van der Waals surface area contributed by atoms with Crippen molar-refractivity contribution in [2.45, 2.75) is 53.1 Å². The molecular weight excluding hydrogens is 250 g/mol. The highest BCUT2D eigenvalue weighted by molar-refractivity contribution is 5.27. The molecule has 0 amide bonds. The Kier molecular flexibility index (Phi) is 4.60. The van der Waals surface area contributed by atoms with Gasteiger partial charge in [-0.3, -0.25) is 9.36 Å². The SMILES string of the molecule is CCc1cc(Cn2nc(CC)c(CN)c2CC)n(C)n1. The van der Waals surface area contributed by atoms with E-state index in [4.69, 9.17) is 10.8 Å². The van der Waals surface area contributed by atoms with Gasteiger partial charge in [-0.1, -0.05) is 20.8 Å². The summed E-state index contributed by atoms with van der Waals surface area (Å²) in [5, 5.41) is 9.24. The van der Waals surface area contributed by atoms with Crippen LogP contribution in [-0.2, 0) is 39.4 Å². The van der Waals surface area contributed by atoms with Crippen LogP contribution in [0.25, 0.3) is 0 Å². The highest BCUT2D eigenvalue weighted by Gasteiger charge is 2.15. The molecule has 0 saturated heterocycles. The van der Waals surface area contributed by atoms with Crippen molar-refractivity contribution in [2.24, 2.45) is 12.8 Å². The summed E-state index contributed by atoms with van der Waals surface area (Å²) in [4.78, 5) is 0. The predicted molar refractivity (Wildman–Crippen MR) is 80.6 cm³/mol. The molecule has 2 aromatic heterocycles. The Bertz CT molecular complexity index is 579. The van der Waals surface area contributed by atoms with Gasteiger partial charge in [-0.05, 0) is 25.3 Å². The van der Waals surface area contributed by atoms with Crippen LogP contribution in [0.5, 0.6) is 0 Å². The van der Waals surface area contributed by atoms with Crippen LogP contribution >= 0.6 is 0 Å². The van der Waals surface area contributed by atoms with Crippen LogP contribution in [0.3, 0.4) is 0 Å². The van der Waals surface area contributed by atoms with Crippen LogP contribution in [0.4, 0.5) is 0 Å². The lowest BCUT2D eigenvalue weighted by Crippen LogP contribution is -2.10. The van der Waals surface area contributed by atoms with E-state index in [9.17, 15) is 0 Å². The van der Waals surface area contributed by atoms with Crippen LogP contribution in [0.15, 0.2) is 6.07 Å². The molecule has 2 N–H and O–H groups in total. The maximum Gasteiger partial charge on any atom is 0.0831 e. The van der Waals surface area contributed by atoms with Crippen molar-refractivity contribution in [3.63, 3.8) is 0 Å². The first kappa shape index (κ1) is 14.8.